The Morgan fingerprint density at radius 1 is 1.06 bits per heavy atom. The summed E-state index contributed by atoms with van der Waals surface area (Å²) in [6.07, 6.45) is 0.447. The van der Waals surface area contributed by atoms with Gasteiger partial charge in [-0.2, -0.15) is 5.26 Å². The van der Waals surface area contributed by atoms with E-state index in [1.54, 1.807) is 0 Å². The Morgan fingerprint density at radius 2 is 1.83 bits per heavy atom. The summed E-state index contributed by atoms with van der Waals surface area (Å²) in [4.78, 5) is 0. The number of hydrogen-bond donors (Lipinski definition) is 0. The van der Waals surface area contributed by atoms with Gasteiger partial charge in [0.2, 0.25) is 11.8 Å². The van der Waals surface area contributed by atoms with Crippen molar-refractivity contribution in [2.75, 3.05) is 0 Å². The largest absolute Gasteiger partial charge is 0.453 e. The van der Waals surface area contributed by atoms with Crippen molar-refractivity contribution >= 4 is 51.0 Å². The molecule has 0 bridgehead atoms. The lowest BCUT2D eigenvalue weighted by Crippen LogP contribution is -2.01. The van der Waals surface area contributed by atoms with Crippen molar-refractivity contribution in [3.05, 3.63) is 111 Å². The van der Waals surface area contributed by atoms with Gasteiger partial charge in [0.05, 0.1) is 28.1 Å². The van der Waals surface area contributed by atoms with E-state index in [0.717, 1.165) is 16.7 Å². The van der Waals surface area contributed by atoms with Gasteiger partial charge in [-0.1, -0.05) is 71.7 Å². The maximum absolute atomic E-state index is 15.4. The van der Waals surface area contributed by atoms with E-state index in [1.807, 2.05) is 30.3 Å². The zero-order valence-corrected chi connectivity index (χ0v) is 20.8. The molecule has 0 N–H and O–H groups in total. The van der Waals surface area contributed by atoms with Gasteiger partial charge >= 0.3 is 0 Å². The molecule has 0 saturated carbocycles. The summed E-state index contributed by atoms with van der Waals surface area (Å²) >= 11 is 18.9. The highest BCUT2D eigenvalue weighted by Crippen LogP contribution is 2.43. The zero-order chi connectivity index (χ0) is 25.4. The number of hydrogen-bond acceptors (Lipinski definition) is 5. The van der Waals surface area contributed by atoms with Gasteiger partial charge in [-0.3, -0.25) is 0 Å². The van der Waals surface area contributed by atoms with Gasteiger partial charge in [0.15, 0.2) is 11.6 Å². The van der Waals surface area contributed by atoms with Crippen molar-refractivity contribution in [2.45, 2.75) is 12.8 Å². The van der Waals surface area contributed by atoms with E-state index in [-0.39, 0.29) is 50.9 Å². The third-order valence-corrected chi connectivity index (χ3v) is 6.56. The van der Waals surface area contributed by atoms with Gasteiger partial charge in [-0.15, -0.1) is 10.2 Å². The molecule has 0 radical (unpaired) electrons. The summed E-state index contributed by atoms with van der Waals surface area (Å²) in [6.45, 7) is 4.14. The topological polar surface area (TPSA) is 71.9 Å². The van der Waals surface area contributed by atoms with Crippen LogP contribution in [0.1, 0.15) is 40.5 Å². The second-order valence-corrected chi connectivity index (χ2v) is 9.26. The molecule has 0 unspecified atom stereocenters. The van der Waals surface area contributed by atoms with Crippen LogP contribution in [-0.2, 0) is 6.42 Å². The Kier molecular flexibility index (Phi) is 6.55. The highest BCUT2D eigenvalue weighted by molar-refractivity contribution is 6.53. The molecular formula is C27H15Cl3FN3O2. The molecule has 0 amide bonds. The van der Waals surface area contributed by atoms with E-state index in [2.05, 4.69) is 16.8 Å². The second kappa shape index (κ2) is 9.79. The molecule has 1 aromatic heterocycles. The van der Waals surface area contributed by atoms with E-state index < -0.39 is 5.82 Å². The van der Waals surface area contributed by atoms with Gasteiger partial charge in [-0.25, -0.2) is 4.39 Å². The number of ether oxygens (including phenoxy) is 1. The lowest BCUT2D eigenvalue weighted by molar-refractivity contribution is 0.436. The number of allylic oxidation sites excluding steroid dienone is 2. The Hall–Kier alpha value is -3.63. The normalized spacial score (nSPS) is 12.9. The lowest BCUT2D eigenvalue weighted by atomic mass is 9.88. The summed E-state index contributed by atoms with van der Waals surface area (Å²) in [7, 11) is 0. The van der Waals surface area contributed by atoms with Crippen LogP contribution in [-0.4, -0.2) is 10.2 Å². The molecule has 0 saturated heterocycles. The predicted molar refractivity (Wildman–Crippen MR) is 138 cm³/mol. The maximum atomic E-state index is 15.4. The molecule has 4 aromatic rings. The smallest absolute Gasteiger partial charge is 0.245 e. The summed E-state index contributed by atoms with van der Waals surface area (Å²) in [5.41, 5.74) is 3.86. The average Bonchev–Trinajstić information content (AvgIpc) is 3.33. The Labute approximate surface area is 221 Å². The fourth-order valence-electron chi connectivity index (χ4n) is 3.92. The van der Waals surface area contributed by atoms with E-state index in [9.17, 15) is 0 Å². The number of nitrogens with zero attached hydrogens (tertiary/aromatic N) is 3. The fraction of sp³-hybridized carbons (Fsp3) is 0.0741. The molecule has 0 aliphatic heterocycles. The fourth-order valence-corrected chi connectivity index (χ4v) is 4.64. The molecule has 0 spiro atoms. The van der Waals surface area contributed by atoms with Crippen LogP contribution >= 0.6 is 34.8 Å². The highest BCUT2D eigenvalue weighted by Gasteiger charge is 2.25. The highest BCUT2D eigenvalue weighted by atomic mass is 35.5. The van der Waals surface area contributed by atoms with Crippen LogP contribution in [0.3, 0.4) is 0 Å². The lowest BCUT2D eigenvalue weighted by Gasteiger charge is -2.19. The molecule has 3 aromatic carbocycles. The van der Waals surface area contributed by atoms with E-state index >= 15 is 4.39 Å². The number of halogens is 4. The summed E-state index contributed by atoms with van der Waals surface area (Å²) in [5.74, 6) is -0.284. The predicted octanol–water partition coefficient (Wildman–Crippen LogP) is 8.29. The Balaban J connectivity index is 1.43. The number of fused-ring (bicyclic) bond motifs is 1. The number of benzene rings is 3. The van der Waals surface area contributed by atoms with Gasteiger partial charge in [0, 0.05) is 28.1 Å². The van der Waals surface area contributed by atoms with E-state index in [0.29, 0.717) is 17.0 Å². The standard InChI is InChI=1S/C27H15Cl3FN3O2/c1-14-8-21(24(30)20-5-3-2-4-19(14)20)27-34-33-23(36-27)11-16-6-7-22(29)26(25(16)31)35-18-10-15(13-32)9-17(28)12-18/h2-7,9-10,12H,1,8,11H2. The van der Waals surface area contributed by atoms with Crippen LogP contribution in [0.2, 0.25) is 10.0 Å². The molecule has 5 rings (SSSR count). The first-order valence-electron chi connectivity index (χ1n) is 10.7. The third-order valence-electron chi connectivity index (χ3n) is 5.62. The van der Waals surface area contributed by atoms with Crippen molar-refractivity contribution in [3.63, 3.8) is 0 Å². The van der Waals surface area contributed by atoms with Gasteiger partial charge in [0.25, 0.3) is 0 Å². The van der Waals surface area contributed by atoms with Crippen LogP contribution in [0, 0.1) is 17.1 Å². The van der Waals surface area contributed by atoms with E-state index in [4.69, 9.17) is 49.2 Å². The molecular weight excluding hydrogens is 524 g/mol. The van der Waals surface area contributed by atoms with Crippen LogP contribution in [0.15, 0.2) is 65.6 Å². The minimum absolute atomic E-state index is 0.00616. The molecule has 36 heavy (non-hydrogen) atoms. The van der Waals surface area contributed by atoms with Crippen molar-refractivity contribution in [3.8, 4) is 17.6 Å². The second-order valence-electron chi connectivity index (χ2n) is 8.04. The van der Waals surface area contributed by atoms with Crippen molar-refractivity contribution in [1.29, 1.82) is 5.26 Å². The van der Waals surface area contributed by atoms with Gasteiger partial charge < -0.3 is 9.15 Å². The quantitative estimate of drug-likeness (QED) is 0.255. The van der Waals surface area contributed by atoms with Crippen LogP contribution in [0.4, 0.5) is 4.39 Å². The number of rotatable bonds is 5. The van der Waals surface area contributed by atoms with Crippen molar-refractivity contribution < 1.29 is 13.5 Å². The average molecular weight is 539 g/mol. The molecule has 0 atom stereocenters. The van der Waals surface area contributed by atoms with E-state index in [1.165, 1.54) is 30.3 Å². The number of nitriles is 1. The Morgan fingerprint density at radius 3 is 2.61 bits per heavy atom. The number of aromatic nitrogens is 2. The minimum atomic E-state index is -0.696. The first-order chi connectivity index (χ1) is 17.3. The monoisotopic (exact) mass is 537 g/mol. The van der Waals surface area contributed by atoms with Crippen molar-refractivity contribution in [1.82, 2.24) is 10.2 Å². The molecule has 9 heteroatoms. The molecule has 1 aliphatic carbocycles. The van der Waals surface area contributed by atoms with Crippen LogP contribution in [0.5, 0.6) is 11.5 Å². The minimum Gasteiger partial charge on any atom is -0.453 e. The van der Waals surface area contributed by atoms with Crippen LogP contribution in [0.25, 0.3) is 16.2 Å². The molecule has 0 fully saturated rings. The zero-order valence-electron chi connectivity index (χ0n) is 18.5. The first kappa shape index (κ1) is 24.1. The Bertz CT molecular complexity index is 1600. The first-order valence-corrected chi connectivity index (χ1v) is 11.8. The molecule has 178 valence electrons. The van der Waals surface area contributed by atoms with Gasteiger partial charge in [-0.05, 0) is 35.4 Å². The summed E-state index contributed by atoms with van der Waals surface area (Å²) in [5, 5.41) is 18.2. The van der Waals surface area contributed by atoms with Gasteiger partial charge in [0.1, 0.15) is 5.75 Å². The summed E-state index contributed by atoms with van der Waals surface area (Å²) in [6, 6.07) is 17.0. The summed E-state index contributed by atoms with van der Waals surface area (Å²) < 4.78 is 26.9. The van der Waals surface area contributed by atoms with Crippen molar-refractivity contribution in [2.24, 2.45) is 0 Å². The SMILES string of the molecule is C=C1CC(c2nnc(Cc3ccc(Cl)c(Oc4cc(Cl)cc(C#N)c4)c3F)o2)=C(Cl)c2ccccc21. The maximum Gasteiger partial charge on any atom is 0.245 e. The molecule has 1 aliphatic rings. The molecule has 1 heterocycles. The van der Waals surface area contributed by atoms with Crippen LogP contribution < -0.4 is 4.74 Å². The third kappa shape index (κ3) is 4.61. The molecule has 5 nitrogen and oxygen atoms in total.